The Bertz CT molecular complexity index is 836. The molecule has 0 aliphatic carbocycles. The third kappa shape index (κ3) is 3.21. The molecule has 0 amide bonds. The van der Waals surface area contributed by atoms with Crippen molar-refractivity contribution in [3.05, 3.63) is 46.2 Å². The molecule has 0 spiro atoms. The molecule has 6 nitrogen and oxygen atoms in total. The van der Waals surface area contributed by atoms with Crippen LogP contribution in [0.2, 0.25) is 0 Å². The molecule has 3 rings (SSSR count). The fourth-order valence-electron chi connectivity index (χ4n) is 2.77. The number of pyridine rings is 1. The van der Waals surface area contributed by atoms with Gasteiger partial charge >= 0.3 is 0 Å². The zero-order chi connectivity index (χ0) is 15.7. The van der Waals surface area contributed by atoms with Crippen molar-refractivity contribution in [3.8, 4) is 0 Å². The lowest BCUT2D eigenvalue weighted by molar-refractivity contribution is 0.181. The van der Waals surface area contributed by atoms with Gasteiger partial charge in [-0.1, -0.05) is 18.2 Å². The maximum Gasteiger partial charge on any atom is 0.252 e. The first kappa shape index (κ1) is 15.2. The number of piperazine rings is 1. The van der Waals surface area contributed by atoms with Crippen LogP contribution in [0, 0.1) is 0 Å². The molecule has 2 aromatic rings. The number of nitrogens with zero attached hydrogens (tertiary/aromatic N) is 2. The van der Waals surface area contributed by atoms with Crippen LogP contribution >= 0.6 is 0 Å². The number of aromatic nitrogens is 1. The van der Waals surface area contributed by atoms with Crippen LogP contribution in [0.15, 0.2) is 35.1 Å². The number of H-pyrrole nitrogens is 1. The molecular formula is C15H19N3O3S. The van der Waals surface area contributed by atoms with Crippen molar-refractivity contribution in [2.75, 3.05) is 32.4 Å². The first-order valence-electron chi connectivity index (χ1n) is 7.22. The van der Waals surface area contributed by atoms with Gasteiger partial charge in [-0.15, -0.1) is 0 Å². The number of nitrogens with one attached hydrogen (secondary N) is 1. The second-order valence-corrected chi connectivity index (χ2v) is 7.63. The van der Waals surface area contributed by atoms with Crippen LogP contribution in [0.4, 0.5) is 0 Å². The minimum absolute atomic E-state index is 0.0794. The summed E-state index contributed by atoms with van der Waals surface area (Å²) < 4.78 is 24.5. The van der Waals surface area contributed by atoms with Crippen molar-refractivity contribution >= 4 is 20.9 Å². The highest BCUT2D eigenvalue weighted by Gasteiger charge is 2.23. The number of hydrogen-bond donors (Lipinski definition) is 1. The highest BCUT2D eigenvalue weighted by Crippen LogP contribution is 2.13. The number of para-hydroxylation sites is 1. The lowest BCUT2D eigenvalue weighted by Crippen LogP contribution is -2.48. The first-order valence-corrected chi connectivity index (χ1v) is 9.07. The van der Waals surface area contributed by atoms with Gasteiger partial charge in [0.15, 0.2) is 0 Å². The minimum atomic E-state index is -3.12. The van der Waals surface area contributed by atoms with E-state index in [1.807, 2.05) is 30.3 Å². The summed E-state index contributed by atoms with van der Waals surface area (Å²) in [4.78, 5) is 17.1. The Labute approximate surface area is 129 Å². The molecule has 0 radical (unpaired) electrons. The molecule has 1 aliphatic heterocycles. The van der Waals surface area contributed by atoms with Gasteiger partial charge < -0.3 is 4.98 Å². The van der Waals surface area contributed by atoms with Crippen LogP contribution in [0.1, 0.15) is 5.56 Å². The highest BCUT2D eigenvalue weighted by molar-refractivity contribution is 7.88. The average molecular weight is 321 g/mol. The molecule has 1 fully saturated rings. The normalized spacial score (nSPS) is 17.9. The Morgan fingerprint density at radius 2 is 1.82 bits per heavy atom. The average Bonchev–Trinajstić information content (AvgIpc) is 2.48. The van der Waals surface area contributed by atoms with E-state index in [0.29, 0.717) is 38.3 Å². The fourth-order valence-corrected chi connectivity index (χ4v) is 3.60. The molecule has 7 heteroatoms. The van der Waals surface area contributed by atoms with Gasteiger partial charge in [-0.05, 0) is 17.5 Å². The summed E-state index contributed by atoms with van der Waals surface area (Å²) in [5.74, 6) is 0. The van der Waals surface area contributed by atoms with Gasteiger partial charge in [0.2, 0.25) is 10.0 Å². The van der Waals surface area contributed by atoms with Gasteiger partial charge in [-0.2, -0.15) is 4.31 Å². The predicted molar refractivity (Wildman–Crippen MR) is 86.3 cm³/mol. The van der Waals surface area contributed by atoms with Crippen LogP contribution in [-0.4, -0.2) is 55.0 Å². The summed E-state index contributed by atoms with van der Waals surface area (Å²) in [5, 5.41) is 1.01. The van der Waals surface area contributed by atoms with Crippen molar-refractivity contribution in [3.63, 3.8) is 0 Å². The molecular weight excluding hydrogens is 302 g/mol. The smallest absolute Gasteiger partial charge is 0.252 e. The summed E-state index contributed by atoms with van der Waals surface area (Å²) in [6.07, 6.45) is 1.23. The van der Waals surface area contributed by atoms with Crippen LogP contribution in [0.3, 0.4) is 0 Å². The fraction of sp³-hybridized carbons (Fsp3) is 0.400. The monoisotopic (exact) mass is 321 g/mol. The number of hydrogen-bond acceptors (Lipinski definition) is 4. The minimum Gasteiger partial charge on any atom is -0.322 e. The molecule has 0 unspecified atom stereocenters. The second kappa shape index (κ2) is 5.83. The number of aromatic amines is 1. The van der Waals surface area contributed by atoms with E-state index in [9.17, 15) is 13.2 Å². The lowest BCUT2D eigenvalue weighted by atomic mass is 10.1. The number of rotatable bonds is 3. The Morgan fingerprint density at radius 1 is 1.14 bits per heavy atom. The molecule has 1 N–H and O–H groups in total. The summed E-state index contributed by atoms with van der Waals surface area (Å²) in [7, 11) is -3.12. The maximum absolute atomic E-state index is 12.1. The third-order valence-corrected chi connectivity index (χ3v) is 5.33. The molecule has 1 aliphatic rings. The Balaban J connectivity index is 1.75. The van der Waals surface area contributed by atoms with Gasteiger partial charge in [-0.25, -0.2) is 8.42 Å². The van der Waals surface area contributed by atoms with E-state index >= 15 is 0 Å². The molecule has 1 aromatic heterocycles. The quantitative estimate of drug-likeness (QED) is 0.899. The SMILES string of the molecule is CS(=O)(=O)N1CCN(Cc2cc3ccccc3[nH]c2=O)CC1. The van der Waals surface area contributed by atoms with Gasteiger partial charge in [0.1, 0.15) is 0 Å². The van der Waals surface area contributed by atoms with Gasteiger partial charge in [-0.3, -0.25) is 9.69 Å². The lowest BCUT2D eigenvalue weighted by Gasteiger charge is -2.33. The van der Waals surface area contributed by atoms with Crippen LogP contribution in [0.25, 0.3) is 10.9 Å². The summed E-state index contributed by atoms with van der Waals surface area (Å²) in [5.41, 5.74) is 1.47. The van der Waals surface area contributed by atoms with Crippen molar-refractivity contribution in [1.29, 1.82) is 0 Å². The molecule has 1 aromatic carbocycles. The van der Waals surface area contributed by atoms with Crippen LogP contribution in [-0.2, 0) is 16.6 Å². The predicted octanol–water partition coefficient (Wildman–Crippen LogP) is 0.605. The zero-order valence-electron chi connectivity index (χ0n) is 12.4. The van der Waals surface area contributed by atoms with E-state index in [1.165, 1.54) is 10.6 Å². The van der Waals surface area contributed by atoms with Crippen molar-refractivity contribution in [2.24, 2.45) is 0 Å². The molecule has 22 heavy (non-hydrogen) atoms. The van der Waals surface area contributed by atoms with E-state index in [-0.39, 0.29) is 5.56 Å². The van der Waals surface area contributed by atoms with E-state index in [0.717, 1.165) is 10.9 Å². The third-order valence-electron chi connectivity index (χ3n) is 4.02. The first-order chi connectivity index (χ1) is 10.4. The standard InChI is InChI=1S/C15H19N3O3S/c1-22(20,21)18-8-6-17(7-9-18)11-13-10-12-4-2-3-5-14(12)16-15(13)19/h2-5,10H,6-9,11H2,1H3,(H,16,19). The number of sulfonamides is 1. The van der Waals surface area contributed by atoms with Crippen LogP contribution in [0.5, 0.6) is 0 Å². The second-order valence-electron chi connectivity index (χ2n) is 5.65. The van der Waals surface area contributed by atoms with E-state index in [4.69, 9.17) is 0 Å². The Morgan fingerprint density at radius 3 is 2.50 bits per heavy atom. The summed E-state index contributed by atoms with van der Waals surface area (Å²) in [6, 6.07) is 9.59. The molecule has 1 saturated heterocycles. The van der Waals surface area contributed by atoms with E-state index in [1.54, 1.807) is 0 Å². The molecule has 118 valence electrons. The molecule has 0 atom stereocenters. The highest BCUT2D eigenvalue weighted by atomic mass is 32.2. The summed E-state index contributed by atoms with van der Waals surface area (Å²) >= 11 is 0. The largest absolute Gasteiger partial charge is 0.322 e. The van der Waals surface area contributed by atoms with E-state index in [2.05, 4.69) is 9.88 Å². The topological polar surface area (TPSA) is 73.5 Å². The zero-order valence-corrected chi connectivity index (χ0v) is 13.3. The van der Waals surface area contributed by atoms with Gasteiger partial charge in [0, 0.05) is 43.8 Å². The van der Waals surface area contributed by atoms with Gasteiger partial charge in [0.25, 0.3) is 5.56 Å². The Kier molecular flexibility index (Phi) is 4.03. The number of benzene rings is 1. The van der Waals surface area contributed by atoms with Crippen molar-refractivity contribution in [1.82, 2.24) is 14.2 Å². The molecule has 0 bridgehead atoms. The molecule has 2 heterocycles. The summed E-state index contributed by atoms with van der Waals surface area (Å²) in [6.45, 7) is 2.77. The van der Waals surface area contributed by atoms with Crippen molar-refractivity contribution < 1.29 is 8.42 Å². The maximum atomic E-state index is 12.1. The number of fused-ring (bicyclic) bond motifs is 1. The van der Waals surface area contributed by atoms with Gasteiger partial charge in [0.05, 0.1) is 6.26 Å². The molecule has 0 saturated carbocycles. The van der Waals surface area contributed by atoms with E-state index < -0.39 is 10.0 Å². The Hall–Kier alpha value is -1.70. The van der Waals surface area contributed by atoms with Crippen LogP contribution < -0.4 is 5.56 Å². The van der Waals surface area contributed by atoms with Crippen molar-refractivity contribution in [2.45, 2.75) is 6.54 Å².